The third-order valence-electron chi connectivity index (χ3n) is 2.59. The molecule has 0 bridgehead atoms. The lowest BCUT2D eigenvalue weighted by Crippen LogP contribution is -2.07. The van der Waals surface area contributed by atoms with Crippen molar-refractivity contribution in [2.75, 3.05) is 5.32 Å². The molecule has 17 heavy (non-hydrogen) atoms. The van der Waals surface area contributed by atoms with Crippen molar-refractivity contribution in [3.63, 3.8) is 0 Å². The van der Waals surface area contributed by atoms with Crippen LogP contribution in [-0.4, -0.2) is 0 Å². The Kier molecular flexibility index (Phi) is 3.13. The topological polar surface area (TPSA) is 25.2 Å². The van der Waals surface area contributed by atoms with Crippen LogP contribution < -0.4 is 5.32 Å². The van der Waals surface area contributed by atoms with Crippen molar-refractivity contribution in [3.05, 3.63) is 53.5 Å². The number of nitrogens with one attached hydrogen (secondary N) is 1. The van der Waals surface area contributed by atoms with Gasteiger partial charge in [0.15, 0.2) is 0 Å². The number of anilines is 1. The zero-order valence-electron chi connectivity index (χ0n) is 9.63. The summed E-state index contributed by atoms with van der Waals surface area (Å²) in [7, 11) is 0. The van der Waals surface area contributed by atoms with Crippen molar-refractivity contribution in [2.45, 2.75) is 19.9 Å². The summed E-state index contributed by atoms with van der Waals surface area (Å²) in [6.07, 6.45) is 1.54. The van der Waals surface area contributed by atoms with Gasteiger partial charge in [-0.2, -0.15) is 0 Å². The molecule has 2 rings (SSSR count). The van der Waals surface area contributed by atoms with Crippen molar-refractivity contribution < 1.29 is 13.2 Å². The average molecular weight is 237 g/mol. The van der Waals surface area contributed by atoms with Crippen LogP contribution in [0.5, 0.6) is 0 Å². The molecule has 1 heterocycles. The molecule has 2 aromatic rings. The van der Waals surface area contributed by atoms with Crippen LogP contribution >= 0.6 is 0 Å². The van der Waals surface area contributed by atoms with E-state index in [9.17, 15) is 8.78 Å². The van der Waals surface area contributed by atoms with E-state index in [-0.39, 0.29) is 11.7 Å². The van der Waals surface area contributed by atoms with Gasteiger partial charge in [-0.1, -0.05) is 0 Å². The quantitative estimate of drug-likeness (QED) is 0.871. The Bertz CT molecular complexity index is 508. The molecule has 0 aliphatic heterocycles. The minimum atomic E-state index is -0.470. The highest BCUT2D eigenvalue weighted by atomic mass is 19.1. The summed E-state index contributed by atoms with van der Waals surface area (Å²) in [5.74, 6) is -0.228. The summed E-state index contributed by atoms with van der Waals surface area (Å²) in [5.41, 5.74) is 0.427. The van der Waals surface area contributed by atoms with Gasteiger partial charge in [-0.05, 0) is 37.6 Å². The third kappa shape index (κ3) is 2.46. The van der Waals surface area contributed by atoms with Crippen LogP contribution in [-0.2, 0) is 0 Å². The molecular weight excluding hydrogens is 224 g/mol. The summed E-state index contributed by atoms with van der Waals surface area (Å²) in [4.78, 5) is 0. The normalized spacial score (nSPS) is 12.5. The summed E-state index contributed by atoms with van der Waals surface area (Å²) in [6, 6.07) is 5.64. The van der Waals surface area contributed by atoms with E-state index < -0.39 is 11.6 Å². The molecule has 1 atom stereocenters. The largest absolute Gasteiger partial charge is 0.467 e. The molecule has 0 saturated carbocycles. The summed E-state index contributed by atoms with van der Waals surface area (Å²) < 4.78 is 32.1. The summed E-state index contributed by atoms with van der Waals surface area (Å²) in [6.45, 7) is 3.34. The van der Waals surface area contributed by atoms with Gasteiger partial charge in [-0.25, -0.2) is 8.78 Å². The maximum Gasteiger partial charge on any atom is 0.146 e. The summed E-state index contributed by atoms with van der Waals surface area (Å²) in [5, 5.41) is 2.87. The third-order valence-corrected chi connectivity index (χ3v) is 2.59. The smallest absolute Gasteiger partial charge is 0.146 e. The Morgan fingerprint density at radius 3 is 2.65 bits per heavy atom. The molecule has 0 aliphatic carbocycles. The number of rotatable bonds is 3. The highest BCUT2D eigenvalue weighted by Gasteiger charge is 2.12. The molecule has 2 nitrogen and oxygen atoms in total. The van der Waals surface area contributed by atoms with Gasteiger partial charge in [0, 0.05) is 6.07 Å². The number of aryl methyl sites for hydroxylation is 1. The zero-order valence-corrected chi connectivity index (χ0v) is 9.63. The number of hydrogen-bond donors (Lipinski definition) is 1. The van der Waals surface area contributed by atoms with E-state index >= 15 is 0 Å². The van der Waals surface area contributed by atoms with Gasteiger partial charge >= 0.3 is 0 Å². The van der Waals surface area contributed by atoms with Crippen molar-refractivity contribution in [1.29, 1.82) is 0 Å². The molecule has 0 aliphatic rings. The Morgan fingerprint density at radius 1 is 1.24 bits per heavy atom. The van der Waals surface area contributed by atoms with Gasteiger partial charge in [0.2, 0.25) is 0 Å². The van der Waals surface area contributed by atoms with Gasteiger partial charge < -0.3 is 9.73 Å². The first-order valence-corrected chi connectivity index (χ1v) is 5.33. The van der Waals surface area contributed by atoms with Crippen LogP contribution in [0.4, 0.5) is 14.5 Å². The van der Waals surface area contributed by atoms with Crippen molar-refractivity contribution in [3.8, 4) is 0 Å². The number of benzene rings is 1. The van der Waals surface area contributed by atoms with Gasteiger partial charge in [-0.3, -0.25) is 0 Å². The number of furan rings is 1. The van der Waals surface area contributed by atoms with Crippen LogP contribution in [0.15, 0.2) is 34.9 Å². The first-order chi connectivity index (χ1) is 8.08. The number of hydrogen-bond acceptors (Lipinski definition) is 2. The fourth-order valence-electron chi connectivity index (χ4n) is 1.60. The second-order valence-electron chi connectivity index (χ2n) is 3.96. The highest BCUT2D eigenvalue weighted by Crippen LogP contribution is 2.24. The number of halogens is 2. The average Bonchev–Trinajstić information content (AvgIpc) is 2.79. The molecule has 0 radical (unpaired) electrons. The van der Waals surface area contributed by atoms with Crippen molar-refractivity contribution >= 4 is 5.69 Å². The highest BCUT2D eigenvalue weighted by molar-refractivity contribution is 5.48. The van der Waals surface area contributed by atoms with E-state index in [1.807, 2.05) is 6.92 Å². The van der Waals surface area contributed by atoms with Crippen molar-refractivity contribution in [2.24, 2.45) is 0 Å². The predicted molar refractivity (Wildman–Crippen MR) is 61.8 cm³/mol. The van der Waals surface area contributed by atoms with E-state index in [2.05, 4.69) is 5.32 Å². The van der Waals surface area contributed by atoms with Crippen LogP contribution in [0, 0.1) is 18.6 Å². The molecule has 4 heteroatoms. The molecule has 0 saturated heterocycles. The Labute approximate surface area is 98.3 Å². The molecule has 1 unspecified atom stereocenters. The SMILES string of the molecule is Cc1cc(F)c(NC(C)c2ccco2)cc1F. The minimum absolute atomic E-state index is 0.136. The van der Waals surface area contributed by atoms with E-state index in [1.54, 1.807) is 18.4 Å². The lowest BCUT2D eigenvalue weighted by Gasteiger charge is -2.14. The van der Waals surface area contributed by atoms with E-state index in [1.165, 1.54) is 13.0 Å². The Hall–Kier alpha value is -1.84. The fraction of sp³-hybridized carbons (Fsp3) is 0.231. The zero-order chi connectivity index (χ0) is 12.4. The van der Waals surface area contributed by atoms with E-state index in [0.717, 1.165) is 6.07 Å². The second-order valence-corrected chi connectivity index (χ2v) is 3.96. The van der Waals surface area contributed by atoms with E-state index in [4.69, 9.17) is 4.42 Å². The minimum Gasteiger partial charge on any atom is -0.467 e. The van der Waals surface area contributed by atoms with Crippen LogP contribution in [0.3, 0.4) is 0 Å². The molecule has 0 fully saturated rings. The van der Waals surface area contributed by atoms with Gasteiger partial charge in [-0.15, -0.1) is 0 Å². The van der Waals surface area contributed by atoms with Gasteiger partial charge in [0.1, 0.15) is 17.4 Å². The summed E-state index contributed by atoms with van der Waals surface area (Å²) >= 11 is 0. The molecule has 0 amide bonds. The first-order valence-electron chi connectivity index (χ1n) is 5.33. The standard InChI is InChI=1S/C13H13F2NO/c1-8-6-11(15)12(7-10(8)14)16-9(2)13-4-3-5-17-13/h3-7,9,16H,1-2H3. The van der Waals surface area contributed by atoms with Gasteiger partial charge in [0.05, 0.1) is 18.0 Å². The maximum absolute atomic E-state index is 13.6. The molecule has 90 valence electrons. The molecule has 1 aromatic heterocycles. The van der Waals surface area contributed by atoms with Crippen LogP contribution in [0.25, 0.3) is 0 Å². The molecule has 0 spiro atoms. The predicted octanol–water partition coefficient (Wildman–Crippen LogP) is 4.04. The first kappa shape index (κ1) is 11.6. The fourth-order valence-corrected chi connectivity index (χ4v) is 1.60. The van der Waals surface area contributed by atoms with Crippen LogP contribution in [0.2, 0.25) is 0 Å². The lowest BCUT2D eigenvalue weighted by molar-refractivity contribution is 0.489. The lowest BCUT2D eigenvalue weighted by atomic mass is 10.2. The monoisotopic (exact) mass is 237 g/mol. The maximum atomic E-state index is 13.6. The van der Waals surface area contributed by atoms with Crippen LogP contribution in [0.1, 0.15) is 24.3 Å². The second kappa shape index (κ2) is 4.57. The Morgan fingerprint density at radius 2 is 2.00 bits per heavy atom. The molecule has 1 aromatic carbocycles. The Balaban J connectivity index is 2.22. The van der Waals surface area contributed by atoms with E-state index in [0.29, 0.717) is 11.3 Å². The molecule has 1 N–H and O–H groups in total. The molecular formula is C13H13F2NO. The van der Waals surface area contributed by atoms with Gasteiger partial charge in [0.25, 0.3) is 0 Å². The van der Waals surface area contributed by atoms with Crippen molar-refractivity contribution in [1.82, 2.24) is 0 Å².